The first kappa shape index (κ1) is 15.4. The number of hydrogen-bond acceptors (Lipinski definition) is 2. The molecule has 1 nitrogen and oxygen atoms in total. The summed E-state index contributed by atoms with van der Waals surface area (Å²) in [6, 6.07) is 0. The van der Waals surface area contributed by atoms with E-state index in [1.807, 2.05) is 11.8 Å². The Morgan fingerprint density at radius 1 is 1.18 bits per heavy atom. The molecule has 2 N–H and O–H groups in total. The van der Waals surface area contributed by atoms with E-state index >= 15 is 0 Å². The first-order chi connectivity index (χ1) is 7.99. The van der Waals surface area contributed by atoms with Gasteiger partial charge in [-0.15, -0.1) is 0 Å². The van der Waals surface area contributed by atoms with Crippen LogP contribution in [0.4, 0.5) is 0 Å². The van der Waals surface area contributed by atoms with Crippen molar-refractivity contribution in [3.05, 3.63) is 0 Å². The van der Waals surface area contributed by atoms with Gasteiger partial charge in [0.25, 0.3) is 0 Å². The fourth-order valence-corrected chi connectivity index (χ4v) is 3.72. The Kier molecular flexibility index (Phi) is 6.36. The Bertz CT molecular complexity index is 209. The monoisotopic (exact) mass is 257 g/mol. The predicted octanol–water partition coefficient (Wildman–Crippen LogP) is 4.17. The molecule has 1 saturated carbocycles. The van der Waals surface area contributed by atoms with Gasteiger partial charge in [-0.25, -0.2) is 0 Å². The molecule has 0 radical (unpaired) electrons. The van der Waals surface area contributed by atoms with Crippen LogP contribution in [0.25, 0.3) is 0 Å². The Balaban J connectivity index is 2.49. The summed E-state index contributed by atoms with van der Waals surface area (Å²) in [5, 5.41) is 0. The van der Waals surface area contributed by atoms with Crippen LogP contribution in [0, 0.1) is 23.2 Å². The SMILES string of the molecule is CSCCCC1CC(C(C)(C)C)CCC1CN. The summed E-state index contributed by atoms with van der Waals surface area (Å²) >= 11 is 1.97. The molecule has 2 heteroatoms. The van der Waals surface area contributed by atoms with Crippen LogP contribution < -0.4 is 5.73 Å². The molecule has 1 rings (SSSR count). The fraction of sp³-hybridized carbons (Fsp3) is 1.00. The quantitative estimate of drug-likeness (QED) is 0.748. The standard InChI is InChI=1S/C15H31NS/c1-15(2,3)14-8-7-13(11-16)12(10-14)6-5-9-17-4/h12-14H,5-11,16H2,1-4H3. The van der Waals surface area contributed by atoms with Crippen molar-refractivity contribution in [3.8, 4) is 0 Å². The molecule has 1 aliphatic carbocycles. The van der Waals surface area contributed by atoms with Crippen LogP contribution in [-0.2, 0) is 0 Å². The van der Waals surface area contributed by atoms with Gasteiger partial charge in [-0.3, -0.25) is 0 Å². The van der Waals surface area contributed by atoms with E-state index in [1.54, 1.807) is 0 Å². The normalized spacial score (nSPS) is 30.5. The average Bonchev–Trinajstić information content (AvgIpc) is 2.28. The van der Waals surface area contributed by atoms with E-state index in [4.69, 9.17) is 5.73 Å². The minimum absolute atomic E-state index is 0.483. The molecule has 0 amide bonds. The summed E-state index contributed by atoms with van der Waals surface area (Å²) in [7, 11) is 0. The van der Waals surface area contributed by atoms with Gasteiger partial charge in [-0.2, -0.15) is 11.8 Å². The van der Waals surface area contributed by atoms with Crippen molar-refractivity contribution < 1.29 is 0 Å². The number of rotatable bonds is 5. The zero-order chi connectivity index (χ0) is 12.9. The summed E-state index contributed by atoms with van der Waals surface area (Å²) in [5.41, 5.74) is 6.43. The lowest BCUT2D eigenvalue weighted by Gasteiger charge is -2.41. The highest BCUT2D eigenvalue weighted by atomic mass is 32.2. The Hall–Kier alpha value is 0.310. The second-order valence-corrected chi connectivity index (χ2v) is 7.75. The Morgan fingerprint density at radius 2 is 1.88 bits per heavy atom. The zero-order valence-corrected chi connectivity index (χ0v) is 13.0. The topological polar surface area (TPSA) is 26.0 Å². The summed E-state index contributed by atoms with van der Waals surface area (Å²) in [6.07, 6.45) is 9.15. The van der Waals surface area contributed by atoms with Gasteiger partial charge in [-0.05, 0) is 73.8 Å². The van der Waals surface area contributed by atoms with Crippen molar-refractivity contribution >= 4 is 11.8 Å². The molecule has 17 heavy (non-hydrogen) atoms. The molecule has 102 valence electrons. The first-order valence-corrected chi connectivity index (χ1v) is 8.57. The van der Waals surface area contributed by atoms with Crippen molar-refractivity contribution in [1.82, 2.24) is 0 Å². The molecule has 3 unspecified atom stereocenters. The molecule has 0 aromatic rings. The van der Waals surface area contributed by atoms with Crippen LogP contribution in [-0.4, -0.2) is 18.6 Å². The van der Waals surface area contributed by atoms with Gasteiger partial charge in [0, 0.05) is 0 Å². The highest BCUT2D eigenvalue weighted by Gasteiger charge is 2.34. The minimum Gasteiger partial charge on any atom is -0.330 e. The third-order valence-corrected chi connectivity index (χ3v) is 5.29. The van der Waals surface area contributed by atoms with Crippen LogP contribution in [0.15, 0.2) is 0 Å². The predicted molar refractivity (Wildman–Crippen MR) is 80.4 cm³/mol. The summed E-state index contributed by atoms with van der Waals surface area (Å²) < 4.78 is 0. The smallest absolute Gasteiger partial charge is 0.00462 e. The molecule has 0 bridgehead atoms. The lowest BCUT2D eigenvalue weighted by atomic mass is 9.64. The largest absolute Gasteiger partial charge is 0.330 e. The molecule has 0 saturated heterocycles. The number of nitrogens with two attached hydrogens (primary N) is 1. The average molecular weight is 257 g/mol. The fourth-order valence-electron chi connectivity index (χ4n) is 3.27. The lowest BCUT2D eigenvalue weighted by molar-refractivity contribution is 0.0962. The van der Waals surface area contributed by atoms with E-state index < -0.39 is 0 Å². The Morgan fingerprint density at radius 3 is 2.41 bits per heavy atom. The van der Waals surface area contributed by atoms with Crippen molar-refractivity contribution in [3.63, 3.8) is 0 Å². The summed E-state index contributed by atoms with van der Waals surface area (Å²) in [5.74, 6) is 3.92. The van der Waals surface area contributed by atoms with Crippen LogP contribution >= 0.6 is 11.8 Å². The maximum absolute atomic E-state index is 5.95. The van der Waals surface area contributed by atoms with Crippen LogP contribution in [0.5, 0.6) is 0 Å². The highest BCUT2D eigenvalue weighted by Crippen LogP contribution is 2.43. The molecule has 0 aliphatic heterocycles. The lowest BCUT2D eigenvalue weighted by Crippen LogP contribution is -2.35. The van der Waals surface area contributed by atoms with Crippen molar-refractivity contribution in [1.29, 1.82) is 0 Å². The zero-order valence-electron chi connectivity index (χ0n) is 12.2. The second kappa shape index (κ2) is 7.04. The van der Waals surface area contributed by atoms with E-state index in [-0.39, 0.29) is 0 Å². The van der Waals surface area contributed by atoms with Gasteiger partial charge in [-0.1, -0.05) is 20.8 Å². The van der Waals surface area contributed by atoms with E-state index in [0.29, 0.717) is 5.41 Å². The molecule has 1 fully saturated rings. The molecule has 3 atom stereocenters. The molecular weight excluding hydrogens is 226 g/mol. The van der Waals surface area contributed by atoms with E-state index in [0.717, 1.165) is 24.3 Å². The molecule has 1 aliphatic rings. The molecule has 0 heterocycles. The third-order valence-electron chi connectivity index (χ3n) is 4.59. The summed E-state index contributed by atoms with van der Waals surface area (Å²) in [6.45, 7) is 8.11. The second-order valence-electron chi connectivity index (χ2n) is 6.77. The molecule has 0 aromatic heterocycles. The van der Waals surface area contributed by atoms with Crippen LogP contribution in [0.2, 0.25) is 0 Å². The van der Waals surface area contributed by atoms with Gasteiger partial charge in [0.1, 0.15) is 0 Å². The molecule has 0 aromatic carbocycles. The minimum atomic E-state index is 0.483. The number of thioether (sulfide) groups is 1. The van der Waals surface area contributed by atoms with E-state index in [2.05, 4.69) is 27.0 Å². The van der Waals surface area contributed by atoms with E-state index in [9.17, 15) is 0 Å². The van der Waals surface area contributed by atoms with Gasteiger partial charge < -0.3 is 5.73 Å². The van der Waals surface area contributed by atoms with Crippen LogP contribution in [0.1, 0.15) is 52.9 Å². The first-order valence-electron chi connectivity index (χ1n) is 7.18. The molecule has 0 spiro atoms. The van der Waals surface area contributed by atoms with Crippen LogP contribution in [0.3, 0.4) is 0 Å². The van der Waals surface area contributed by atoms with Crippen molar-refractivity contribution in [2.75, 3.05) is 18.6 Å². The Labute approximate surface area is 112 Å². The third kappa shape index (κ3) is 4.82. The highest BCUT2D eigenvalue weighted by molar-refractivity contribution is 7.98. The van der Waals surface area contributed by atoms with Gasteiger partial charge in [0.2, 0.25) is 0 Å². The maximum Gasteiger partial charge on any atom is -0.00462 e. The van der Waals surface area contributed by atoms with E-state index in [1.165, 1.54) is 37.9 Å². The van der Waals surface area contributed by atoms with Gasteiger partial charge in [0.15, 0.2) is 0 Å². The molecular formula is C15H31NS. The van der Waals surface area contributed by atoms with Crippen molar-refractivity contribution in [2.24, 2.45) is 28.9 Å². The summed E-state index contributed by atoms with van der Waals surface area (Å²) in [4.78, 5) is 0. The number of hydrogen-bond donors (Lipinski definition) is 1. The van der Waals surface area contributed by atoms with Gasteiger partial charge in [0.05, 0.1) is 0 Å². The van der Waals surface area contributed by atoms with Crippen molar-refractivity contribution in [2.45, 2.75) is 52.9 Å². The van der Waals surface area contributed by atoms with Gasteiger partial charge >= 0.3 is 0 Å². The maximum atomic E-state index is 5.95.